The van der Waals surface area contributed by atoms with Gasteiger partial charge in [0.25, 0.3) is 5.91 Å². The standard InChI is InChI=1S/C18H19N5O2/c1-12-13(2)22-17(14-6-3-4-8-19-14)23-16(12)20-9-10-21-18(24)15-7-5-11-25-15/h3-8,11H,9-10H2,1-2H3,(H,21,24)(H,20,22,23). The van der Waals surface area contributed by atoms with Crippen molar-refractivity contribution in [3.63, 3.8) is 0 Å². The van der Waals surface area contributed by atoms with Gasteiger partial charge in [-0.3, -0.25) is 9.78 Å². The summed E-state index contributed by atoms with van der Waals surface area (Å²) in [5, 5.41) is 6.03. The summed E-state index contributed by atoms with van der Waals surface area (Å²) in [6, 6.07) is 8.93. The highest BCUT2D eigenvalue weighted by Gasteiger charge is 2.11. The van der Waals surface area contributed by atoms with Crippen LogP contribution in [-0.4, -0.2) is 33.9 Å². The molecule has 25 heavy (non-hydrogen) atoms. The van der Waals surface area contributed by atoms with Gasteiger partial charge in [0.15, 0.2) is 11.6 Å². The summed E-state index contributed by atoms with van der Waals surface area (Å²) in [5.41, 5.74) is 2.58. The lowest BCUT2D eigenvalue weighted by Crippen LogP contribution is -2.28. The second-order valence-electron chi connectivity index (χ2n) is 5.48. The molecule has 0 aliphatic heterocycles. The Bertz CT molecular complexity index is 847. The fraction of sp³-hybridized carbons (Fsp3) is 0.222. The van der Waals surface area contributed by atoms with Crippen molar-refractivity contribution >= 4 is 11.7 Å². The third kappa shape index (κ3) is 4.00. The maximum atomic E-state index is 11.8. The molecule has 7 heteroatoms. The lowest BCUT2D eigenvalue weighted by molar-refractivity contribution is 0.0927. The predicted molar refractivity (Wildman–Crippen MR) is 94.3 cm³/mol. The molecular weight excluding hydrogens is 318 g/mol. The number of hydrogen-bond donors (Lipinski definition) is 2. The van der Waals surface area contributed by atoms with Gasteiger partial charge in [-0.2, -0.15) is 0 Å². The van der Waals surface area contributed by atoms with E-state index in [1.165, 1.54) is 6.26 Å². The van der Waals surface area contributed by atoms with Crippen molar-refractivity contribution in [2.24, 2.45) is 0 Å². The van der Waals surface area contributed by atoms with Crippen LogP contribution in [0.4, 0.5) is 5.82 Å². The summed E-state index contributed by atoms with van der Waals surface area (Å²) in [4.78, 5) is 25.2. The molecule has 0 saturated heterocycles. The molecule has 0 unspecified atom stereocenters. The Morgan fingerprint density at radius 1 is 1.12 bits per heavy atom. The molecular formula is C18H19N5O2. The van der Waals surface area contributed by atoms with Gasteiger partial charge in [-0.15, -0.1) is 0 Å². The van der Waals surface area contributed by atoms with Crippen LogP contribution < -0.4 is 10.6 Å². The van der Waals surface area contributed by atoms with Gasteiger partial charge in [0.2, 0.25) is 0 Å². The number of nitrogens with one attached hydrogen (secondary N) is 2. The first-order chi connectivity index (χ1) is 12.1. The van der Waals surface area contributed by atoms with E-state index in [9.17, 15) is 4.79 Å². The van der Waals surface area contributed by atoms with Crippen molar-refractivity contribution in [3.05, 3.63) is 59.8 Å². The van der Waals surface area contributed by atoms with E-state index in [1.807, 2.05) is 32.0 Å². The quantitative estimate of drug-likeness (QED) is 0.672. The molecule has 0 bridgehead atoms. The molecule has 0 saturated carbocycles. The summed E-state index contributed by atoms with van der Waals surface area (Å²) < 4.78 is 5.05. The van der Waals surface area contributed by atoms with Crippen molar-refractivity contribution in [2.45, 2.75) is 13.8 Å². The van der Waals surface area contributed by atoms with Crippen molar-refractivity contribution in [2.75, 3.05) is 18.4 Å². The molecule has 128 valence electrons. The Labute approximate surface area is 145 Å². The van der Waals surface area contributed by atoms with Crippen LogP contribution in [0.25, 0.3) is 11.5 Å². The first kappa shape index (κ1) is 16.6. The molecule has 3 heterocycles. The fourth-order valence-corrected chi connectivity index (χ4v) is 2.26. The van der Waals surface area contributed by atoms with Crippen LogP contribution in [0.2, 0.25) is 0 Å². The third-order valence-electron chi connectivity index (χ3n) is 3.73. The smallest absolute Gasteiger partial charge is 0.287 e. The molecule has 0 spiro atoms. The average molecular weight is 337 g/mol. The van der Waals surface area contributed by atoms with Gasteiger partial charge in [-0.1, -0.05) is 6.07 Å². The second kappa shape index (κ2) is 7.57. The van der Waals surface area contributed by atoms with Crippen LogP contribution in [0.15, 0.2) is 47.2 Å². The summed E-state index contributed by atoms with van der Waals surface area (Å²) in [6.07, 6.45) is 3.19. The highest BCUT2D eigenvalue weighted by atomic mass is 16.3. The number of aromatic nitrogens is 3. The van der Waals surface area contributed by atoms with E-state index in [0.29, 0.717) is 24.7 Å². The van der Waals surface area contributed by atoms with Crippen molar-refractivity contribution in [1.29, 1.82) is 0 Å². The van der Waals surface area contributed by atoms with Crippen molar-refractivity contribution < 1.29 is 9.21 Å². The summed E-state index contributed by atoms with van der Waals surface area (Å²) >= 11 is 0. The van der Waals surface area contributed by atoms with E-state index in [4.69, 9.17) is 4.42 Å². The van der Waals surface area contributed by atoms with Crippen molar-refractivity contribution in [1.82, 2.24) is 20.3 Å². The van der Waals surface area contributed by atoms with Crippen LogP contribution in [0, 0.1) is 13.8 Å². The van der Waals surface area contributed by atoms with Gasteiger partial charge >= 0.3 is 0 Å². The van der Waals surface area contributed by atoms with Crippen LogP contribution >= 0.6 is 0 Å². The number of aryl methyl sites for hydroxylation is 1. The molecule has 0 radical (unpaired) electrons. The third-order valence-corrected chi connectivity index (χ3v) is 3.73. The maximum Gasteiger partial charge on any atom is 0.287 e. The SMILES string of the molecule is Cc1nc(-c2ccccn2)nc(NCCNC(=O)c2ccco2)c1C. The number of hydrogen-bond acceptors (Lipinski definition) is 6. The Balaban J connectivity index is 1.64. The molecule has 0 aromatic carbocycles. The summed E-state index contributed by atoms with van der Waals surface area (Å²) in [7, 11) is 0. The largest absolute Gasteiger partial charge is 0.459 e. The number of pyridine rings is 1. The zero-order valence-corrected chi connectivity index (χ0v) is 14.1. The number of furan rings is 1. The first-order valence-electron chi connectivity index (χ1n) is 7.97. The summed E-state index contributed by atoms with van der Waals surface area (Å²) in [6.45, 7) is 4.88. The van der Waals surface area contributed by atoms with Crippen LogP contribution in [0.1, 0.15) is 21.8 Å². The number of anilines is 1. The maximum absolute atomic E-state index is 11.8. The minimum atomic E-state index is -0.239. The normalized spacial score (nSPS) is 10.5. The Morgan fingerprint density at radius 3 is 2.72 bits per heavy atom. The van der Waals surface area contributed by atoms with E-state index in [1.54, 1.807) is 18.3 Å². The average Bonchev–Trinajstić information content (AvgIpc) is 3.17. The number of carbonyl (C=O) groups is 1. The molecule has 7 nitrogen and oxygen atoms in total. The molecule has 0 aliphatic carbocycles. The van der Waals surface area contributed by atoms with Gasteiger partial charge in [-0.25, -0.2) is 9.97 Å². The van der Waals surface area contributed by atoms with E-state index in [2.05, 4.69) is 25.6 Å². The molecule has 2 N–H and O–H groups in total. The monoisotopic (exact) mass is 337 g/mol. The molecule has 0 fully saturated rings. The Hall–Kier alpha value is -3.22. The number of carbonyl (C=O) groups excluding carboxylic acids is 1. The summed E-state index contributed by atoms with van der Waals surface area (Å²) in [5.74, 6) is 1.37. The number of amides is 1. The lowest BCUT2D eigenvalue weighted by atomic mass is 10.2. The van der Waals surface area contributed by atoms with E-state index < -0.39 is 0 Å². The molecule has 3 rings (SSSR count). The zero-order chi connectivity index (χ0) is 17.6. The lowest BCUT2D eigenvalue weighted by Gasteiger charge is -2.12. The van der Waals surface area contributed by atoms with Crippen LogP contribution in [0.5, 0.6) is 0 Å². The zero-order valence-electron chi connectivity index (χ0n) is 14.1. The van der Waals surface area contributed by atoms with Crippen LogP contribution in [-0.2, 0) is 0 Å². The van der Waals surface area contributed by atoms with Gasteiger partial charge in [0, 0.05) is 30.5 Å². The first-order valence-corrected chi connectivity index (χ1v) is 7.97. The van der Waals surface area contributed by atoms with E-state index >= 15 is 0 Å². The van der Waals surface area contributed by atoms with Gasteiger partial charge < -0.3 is 15.1 Å². The molecule has 0 atom stereocenters. The molecule has 1 amide bonds. The minimum Gasteiger partial charge on any atom is -0.459 e. The van der Waals surface area contributed by atoms with E-state index in [-0.39, 0.29) is 5.91 Å². The predicted octanol–water partition coefficient (Wildman–Crippen LogP) is 2.59. The second-order valence-corrected chi connectivity index (χ2v) is 5.48. The molecule has 3 aromatic heterocycles. The minimum absolute atomic E-state index is 0.239. The van der Waals surface area contributed by atoms with E-state index in [0.717, 1.165) is 22.8 Å². The Morgan fingerprint density at radius 2 is 2.00 bits per heavy atom. The molecule has 0 aliphatic rings. The van der Waals surface area contributed by atoms with Gasteiger partial charge in [0.1, 0.15) is 11.5 Å². The topological polar surface area (TPSA) is 92.9 Å². The highest BCUT2D eigenvalue weighted by molar-refractivity contribution is 5.91. The van der Waals surface area contributed by atoms with Crippen LogP contribution in [0.3, 0.4) is 0 Å². The number of rotatable bonds is 6. The van der Waals surface area contributed by atoms with Gasteiger partial charge in [-0.05, 0) is 38.1 Å². The van der Waals surface area contributed by atoms with Gasteiger partial charge in [0.05, 0.1) is 6.26 Å². The Kier molecular flexibility index (Phi) is 5.03. The number of nitrogens with zero attached hydrogens (tertiary/aromatic N) is 3. The fourth-order valence-electron chi connectivity index (χ4n) is 2.26. The highest BCUT2D eigenvalue weighted by Crippen LogP contribution is 2.19. The van der Waals surface area contributed by atoms with Crippen molar-refractivity contribution in [3.8, 4) is 11.5 Å². The molecule has 3 aromatic rings.